The molecule has 3 aromatic rings. The van der Waals surface area contributed by atoms with Crippen LogP contribution in [0.3, 0.4) is 0 Å². The van der Waals surface area contributed by atoms with E-state index in [1.807, 2.05) is 6.07 Å². The van der Waals surface area contributed by atoms with Crippen LogP contribution in [0.4, 0.5) is 36.2 Å². The van der Waals surface area contributed by atoms with Gasteiger partial charge >= 0.3 is 0 Å². The molecule has 11 heteroatoms. The Kier molecular flexibility index (Phi) is 6.08. The predicted octanol–water partition coefficient (Wildman–Crippen LogP) is 4.11. The van der Waals surface area contributed by atoms with Gasteiger partial charge in [0.05, 0.1) is 29.2 Å². The van der Waals surface area contributed by atoms with Crippen LogP contribution in [-0.4, -0.2) is 39.9 Å². The molecule has 0 saturated carbocycles. The molecule has 1 aromatic carbocycles. The van der Waals surface area contributed by atoms with Crippen LogP contribution < -0.4 is 15.5 Å². The Bertz CT molecular complexity index is 1200. The number of carbonyl (C=O) groups excluding carboxylic acids is 1. The molecule has 3 heterocycles. The fourth-order valence-corrected chi connectivity index (χ4v) is 3.34. The van der Waals surface area contributed by atoms with E-state index >= 15 is 0 Å². The summed E-state index contributed by atoms with van der Waals surface area (Å²) < 4.78 is 40.8. The number of halogens is 3. The number of nitrogens with one attached hydrogen (secondary N) is 2. The number of aromatic nitrogens is 3. The van der Waals surface area contributed by atoms with Crippen molar-refractivity contribution >= 4 is 28.9 Å². The first kappa shape index (κ1) is 22.0. The first-order valence-electron chi connectivity index (χ1n) is 10.0. The fourth-order valence-electron chi connectivity index (χ4n) is 3.34. The van der Waals surface area contributed by atoms with E-state index in [1.54, 1.807) is 29.2 Å². The van der Waals surface area contributed by atoms with Crippen LogP contribution in [0.1, 0.15) is 28.9 Å². The van der Waals surface area contributed by atoms with Crippen molar-refractivity contribution in [3.05, 3.63) is 66.0 Å². The molecule has 2 aromatic heterocycles. The summed E-state index contributed by atoms with van der Waals surface area (Å²) in [4.78, 5) is 26.2. The lowest BCUT2D eigenvalue weighted by Gasteiger charge is -2.34. The number of rotatable bonds is 5. The zero-order valence-corrected chi connectivity index (χ0v) is 17.2. The molecule has 2 N–H and O–H groups in total. The van der Waals surface area contributed by atoms with E-state index < -0.39 is 17.8 Å². The van der Waals surface area contributed by atoms with Crippen LogP contribution in [0.25, 0.3) is 0 Å². The van der Waals surface area contributed by atoms with E-state index in [0.29, 0.717) is 11.3 Å². The molecule has 0 bridgehead atoms. The highest BCUT2D eigenvalue weighted by Crippen LogP contribution is 2.34. The maximum Gasteiger partial charge on any atom is 0.274 e. The summed E-state index contributed by atoms with van der Waals surface area (Å²) in [7, 11) is 0. The van der Waals surface area contributed by atoms with E-state index in [0.717, 1.165) is 12.3 Å². The molecule has 1 amide bonds. The number of benzene rings is 1. The lowest BCUT2D eigenvalue weighted by Crippen LogP contribution is -2.39. The van der Waals surface area contributed by atoms with Crippen LogP contribution in [0, 0.1) is 17.3 Å². The average Bonchev–Trinajstić information content (AvgIpc) is 2.81. The van der Waals surface area contributed by atoms with Gasteiger partial charge in [-0.05, 0) is 30.3 Å². The van der Waals surface area contributed by atoms with Crippen molar-refractivity contribution < 1.29 is 18.0 Å². The van der Waals surface area contributed by atoms with Gasteiger partial charge in [0.1, 0.15) is 5.69 Å². The zero-order chi connectivity index (χ0) is 23.4. The third-order valence-electron chi connectivity index (χ3n) is 5.09. The number of nitrogens with zero attached hydrogens (tertiary/aromatic N) is 5. The summed E-state index contributed by atoms with van der Waals surface area (Å²) in [5.74, 6) is -3.98. The van der Waals surface area contributed by atoms with Crippen molar-refractivity contribution in [2.45, 2.75) is 18.8 Å². The summed E-state index contributed by atoms with van der Waals surface area (Å²) >= 11 is 0. The van der Waals surface area contributed by atoms with Gasteiger partial charge in [0.15, 0.2) is 0 Å². The second-order valence-corrected chi connectivity index (χ2v) is 7.40. The summed E-state index contributed by atoms with van der Waals surface area (Å²) in [6, 6.07) is 11.1. The smallest absolute Gasteiger partial charge is 0.274 e. The van der Waals surface area contributed by atoms with Crippen molar-refractivity contribution in [1.82, 2.24) is 15.0 Å². The molecule has 33 heavy (non-hydrogen) atoms. The Morgan fingerprint density at radius 3 is 2.55 bits per heavy atom. The number of piperidine rings is 1. The van der Waals surface area contributed by atoms with Crippen molar-refractivity contribution in [1.29, 1.82) is 5.26 Å². The zero-order valence-electron chi connectivity index (χ0n) is 17.2. The predicted molar refractivity (Wildman–Crippen MR) is 115 cm³/mol. The molecule has 1 aliphatic heterocycles. The van der Waals surface area contributed by atoms with Gasteiger partial charge in [-0.1, -0.05) is 0 Å². The second-order valence-electron chi connectivity index (χ2n) is 7.40. The topological polar surface area (TPSA) is 107 Å². The van der Waals surface area contributed by atoms with Crippen molar-refractivity contribution in [3.63, 3.8) is 0 Å². The van der Waals surface area contributed by atoms with Crippen LogP contribution >= 0.6 is 0 Å². The van der Waals surface area contributed by atoms with E-state index in [9.17, 15) is 18.0 Å². The van der Waals surface area contributed by atoms with Gasteiger partial charge in [-0.2, -0.15) is 9.65 Å². The van der Waals surface area contributed by atoms with Gasteiger partial charge in [-0.25, -0.2) is 23.7 Å². The number of hydrogen-bond donors (Lipinski definition) is 2. The molecular weight excluding hydrogens is 435 g/mol. The minimum Gasteiger partial charge on any atom is -0.369 e. The first-order valence-corrected chi connectivity index (χ1v) is 10.0. The summed E-state index contributed by atoms with van der Waals surface area (Å²) in [5.41, 5.74) is 1.61. The summed E-state index contributed by atoms with van der Waals surface area (Å²) in [5, 5.41) is 14.4. The fraction of sp³-hybridized carbons (Fsp3) is 0.227. The van der Waals surface area contributed by atoms with Crippen LogP contribution in [0.5, 0.6) is 0 Å². The Labute approximate surface area is 187 Å². The summed E-state index contributed by atoms with van der Waals surface area (Å²) in [6.07, 6.45) is 1.82. The van der Waals surface area contributed by atoms with E-state index in [2.05, 4.69) is 25.6 Å². The van der Waals surface area contributed by atoms with Gasteiger partial charge in [0.25, 0.3) is 11.8 Å². The van der Waals surface area contributed by atoms with Gasteiger partial charge in [0, 0.05) is 43.9 Å². The monoisotopic (exact) mass is 453 g/mol. The lowest BCUT2D eigenvalue weighted by molar-refractivity contribution is -0.0220. The Morgan fingerprint density at radius 2 is 1.85 bits per heavy atom. The molecule has 168 valence electrons. The standard InChI is InChI=1S/C22H18F3N7O/c23-19-11-18(32-9-6-22(24,25)7-10-32)17(13-28-19)30-20(33)16-5-8-27-21(31-16)29-15-3-1-14(12-26)2-4-15/h1-5,8,11,13H,6-7,9-10H2,(H,30,33)(H,27,29,31). The van der Waals surface area contributed by atoms with E-state index in [4.69, 9.17) is 5.26 Å². The molecular formula is C22H18F3N7O. The highest BCUT2D eigenvalue weighted by atomic mass is 19.3. The van der Waals surface area contributed by atoms with Gasteiger partial charge in [0.2, 0.25) is 11.9 Å². The highest BCUT2D eigenvalue weighted by molar-refractivity contribution is 6.04. The van der Waals surface area contributed by atoms with Gasteiger partial charge < -0.3 is 15.5 Å². The molecule has 0 radical (unpaired) electrons. The van der Waals surface area contributed by atoms with Gasteiger partial charge in [-0.15, -0.1) is 0 Å². The molecule has 4 rings (SSSR count). The molecule has 0 aliphatic carbocycles. The number of nitriles is 1. The molecule has 8 nitrogen and oxygen atoms in total. The van der Waals surface area contributed by atoms with Gasteiger partial charge in [-0.3, -0.25) is 4.79 Å². The van der Waals surface area contributed by atoms with E-state index in [1.165, 1.54) is 12.3 Å². The van der Waals surface area contributed by atoms with Crippen molar-refractivity contribution in [2.75, 3.05) is 28.6 Å². The van der Waals surface area contributed by atoms with Crippen LogP contribution in [-0.2, 0) is 0 Å². The number of alkyl halides is 2. The van der Waals surface area contributed by atoms with Crippen LogP contribution in [0.2, 0.25) is 0 Å². The largest absolute Gasteiger partial charge is 0.369 e. The molecule has 0 spiro atoms. The maximum atomic E-state index is 13.8. The van der Waals surface area contributed by atoms with E-state index in [-0.39, 0.29) is 48.9 Å². The molecule has 1 fully saturated rings. The molecule has 0 unspecified atom stereocenters. The Hall–Kier alpha value is -4.20. The number of hydrogen-bond acceptors (Lipinski definition) is 7. The quantitative estimate of drug-likeness (QED) is 0.560. The normalized spacial score (nSPS) is 14.9. The third-order valence-corrected chi connectivity index (χ3v) is 5.09. The molecule has 0 atom stereocenters. The third kappa shape index (κ3) is 5.35. The highest BCUT2D eigenvalue weighted by Gasteiger charge is 2.35. The maximum absolute atomic E-state index is 13.8. The molecule has 1 aliphatic rings. The SMILES string of the molecule is N#Cc1ccc(Nc2nccc(C(=O)Nc3cnc(F)cc3N3CCC(F)(F)CC3)n2)cc1. The van der Waals surface area contributed by atoms with Crippen LogP contribution in [0.15, 0.2) is 48.8 Å². The number of anilines is 4. The minimum absolute atomic E-state index is 0.0193. The summed E-state index contributed by atoms with van der Waals surface area (Å²) in [6.45, 7) is 0.0387. The first-order chi connectivity index (χ1) is 15.8. The van der Waals surface area contributed by atoms with Crippen molar-refractivity contribution in [3.8, 4) is 6.07 Å². The second kappa shape index (κ2) is 9.12. The van der Waals surface area contributed by atoms with Crippen molar-refractivity contribution in [2.24, 2.45) is 0 Å². The Morgan fingerprint density at radius 1 is 1.12 bits per heavy atom. The number of carbonyl (C=O) groups is 1. The lowest BCUT2D eigenvalue weighted by atomic mass is 10.1. The number of pyridine rings is 1. The minimum atomic E-state index is -2.76. The number of amides is 1. The average molecular weight is 453 g/mol. The molecule has 1 saturated heterocycles. The Balaban J connectivity index is 1.50.